The highest BCUT2D eigenvalue weighted by atomic mass is 16.5. The number of H-pyrrole nitrogens is 3. The van der Waals surface area contributed by atoms with Crippen LogP contribution in [0.1, 0.15) is 64.2 Å². The average Bonchev–Trinajstić information content (AvgIpc) is 1.65. The van der Waals surface area contributed by atoms with Crippen LogP contribution >= 0.6 is 0 Å². The third-order valence-electron chi connectivity index (χ3n) is 22.1. The van der Waals surface area contributed by atoms with Gasteiger partial charge in [-0.2, -0.15) is 0 Å². The van der Waals surface area contributed by atoms with Crippen molar-refractivity contribution in [2.75, 3.05) is 115 Å². The van der Waals surface area contributed by atoms with Crippen LogP contribution in [0.15, 0.2) is 220 Å². The molecule has 5 aliphatic rings. The molecular formula is C93H91N23O10. The Hall–Kier alpha value is -15.4. The number of aromatic amines is 3. The molecule has 15 heterocycles. The predicted octanol–water partition coefficient (Wildman–Crippen LogP) is 14.0. The van der Waals surface area contributed by atoms with Crippen molar-refractivity contribution < 1.29 is 47.6 Å². The SMILES string of the molecule is COc1ccnc(-c2ccnc(Nc3ccc4[nH]c(C(=O)N5CCN(C(=O)C6CCCO6)CC5)cc4c3)n2)c1.COc1ccnc(-c2ccnc(Nc3ccc4[nH]c(C(=O)N5CCN(C(=O)[C@H]6CCCO6)CC5)cc4c3)n2)c1.COc1ccnc(-c2ccnc(Nc3ccc4[nH]ccc4c3)n2)c1.COc1ccnc(-c2ccnc(Nc3ccc4c(c3)CCC4)n2)c1. The number of benzene rings is 4. The number of nitrogens with one attached hydrogen (secondary N) is 7. The van der Waals surface area contributed by atoms with Crippen molar-refractivity contribution in [3.8, 4) is 68.5 Å². The van der Waals surface area contributed by atoms with Gasteiger partial charge in [-0.05, 0) is 190 Å². The first-order chi connectivity index (χ1) is 61.8. The van der Waals surface area contributed by atoms with Crippen molar-refractivity contribution in [1.29, 1.82) is 0 Å². The molecule has 15 aromatic rings. The average molecular weight is 1690 g/mol. The molecule has 0 radical (unpaired) electrons. The summed E-state index contributed by atoms with van der Waals surface area (Å²) in [5.74, 6) is 4.77. The largest absolute Gasteiger partial charge is 0.497 e. The van der Waals surface area contributed by atoms with E-state index in [9.17, 15) is 19.2 Å². The number of aryl methyl sites for hydroxylation is 2. The second-order valence-electron chi connectivity index (χ2n) is 30.2. The number of nitrogens with zero attached hydrogens (tertiary/aromatic N) is 16. The number of aromatic nitrogens is 15. The minimum Gasteiger partial charge on any atom is -0.497 e. The highest BCUT2D eigenvalue weighted by molar-refractivity contribution is 6.00. The van der Waals surface area contributed by atoms with Crippen molar-refractivity contribution in [2.45, 2.75) is 57.2 Å². The van der Waals surface area contributed by atoms with Crippen LogP contribution in [0.25, 0.3) is 78.3 Å². The van der Waals surface area contributed by atoms with Gasteiger partial charge >= 0.3 is 0 Å². The van der Waals surface area contributed by atoms with E-state index in [1.807, 2.05) is 131 Å². The standard InChI is InChI=1S/2C28H29N7O4.C19H18N4O.C18H15N5O/c2*1-38-20-6-8-29-23(17-20)22-7-9-30-28(33-22)31-19-4-5-21-18(15-19)16-24(32-21)26(36)34-10-12-35(13-11-34)27(37)25-3-2-14-39-25;1-24-16-7-9-20-18(12-16)17-8-10-21-19(23-17)22-15-6-5-13-3-2-4-14(13)11-15;1-24-14-5-8-20-17(11-14)16-6-9-21-18(23-16)22-13-2-3-15-12(10-13)4-7-19-15/h2*4-9,15-17,25,32H,2-3,10-14H2,1H3,(H,30,31,33);5-12H,2-4H2,1H3,(H,21,22,23);2-11,19H,1H3,(H,21,22,23)/t25-;;;/m1.../s1. The number of amides is 4. The van der Waals surface area contributed by atoms with Crippen LogP contribution in [0.2, 0.25) is 0 Å². The van der Waals surface area contributed by atoms with Gasteiger partial charge in [-0.25, -0.2) is 39.9 Å². The van der Waals surface area contributed by atoms with Gasteiger partial charge in [0, 0.05) is 201 Å². The lowest BCUT2D eigenvalue weighted by molar-refractivity contribution is -0.143. The summed E-state index contributed by atoms with van der Waals surface area (Å²) in [6.45, 7) is 5.34. The number of pyridine rings is 4. The van der Waals surface area contributed by atoms with E-state index in [1.54, 1.807) is 118 Å². The molecule has 4 saturated heterocycles. The van der Waals surface area contributed by atoms with E-state index >= 15 is 0 Å². The normalized spacial score (nSPS) is 15.2. The highest BCUT2D eigenvalue weighted by Gasteiger charge is 2.34. The number of fused-ring (bicyclic) bond motifs is 4. The molecule has 1 aliphatic carbocycles. The first-order valence-electron chi connectivity index (χ1n) is 41.5. The molecule has 4 fully saturated rings. The lowest BCUT2D eigenvalue weighted by atomic mass is 10.1. The fourth-order valence-electron chi connectivity index (χ4n) is 15.5. The molecule has 638 valence electrons. The van der Waals surface area contributed by atoms with E-state index in [0.29, 0.717) is 135 Å². The molecule has 33 heteroatoms. The Balaban J connectivity index is 0.000000122. The summed E-state index contributed by atoms with van der Waals surface area (Å²) in [5, 5.41) is 15.9. The molecule has 4 amide bonds. The Morgan fingerprint density at radius 2 is 0.683 bits per heavy atom. The zero-order chi connectivity index (χ0) is 86.2. The monoisotopic (exact) mass is 1690 g/mol. The number of carbonyl (C=O) groups excluding carboxylic acids is 4. The van der Waals surface area contributed by atoms with Gasteiger partial charge in [0.15, 0.2) is 0 Å². The van der Waals surface area contributed by atoms with E-state index < -0.39 is 0 Å². The summed E-state index contributed by atoms with van der Waals surface area (Å²) < 4.78 is 32.1. The molecule has 126 heavy (non-hydrogen) atoms. The fraction of sp³-hybridized carbons (Fsp3) is 0.247. The number of rotatable bonds is 20. The third-order valence-corrected chi connectivity index (χ3v) is 22.1. The van der Waals surface area contributed by atoms with Crippen molar-refractivity contribution in [3.05, 3.63) is 242 Å². The van der Waals surface area contributed by atoms with E-state index in [2.05, 4.69) is 114 Å². The molecular weight excluding hydrogens is 1600 g/mol. The predicted molar refractivity (Wildman–Crippen MR) is 477 cm³/mol. The number of carbonyl (C=O) groups is 4. The Labute approximate surface area is 724 Å². The maximum Gasteiger partial charge on any atom is 0.270 e. The smallest absolute Gasteiger partial charge is 0.270 e. The Bertz CT molecular complexity index is 6170. The summed E-state index contributed by atoms with van der Waals surface area (Å²) in [6.07, 6.45) is 21.8. The summed E-state index contributed by atoms with van der Waals surface area (Å²) >= 11 is 0. The second kappa shape index (κ2) is 38.8. The Morgan fingerprint density at radius 3 is 1.06 bits per heavy atom. The van der Waals surface area contributed by atoms with Gasteiger partial charge in [-0.15, -0.1) is 0 Å². The first kappa shape index (κ1) is 82.9. The van der Waals surface area contributed by atoms with Crippen molar-refractivity contribution in [1.82, 2.24) is 94.4 Å². The fourth-order valence-corrected chi connectivity index (χ4v) is 15.5. The van der Waals surface area contributed by atoms with E-state index in [1.165, 1.54) is 24.0 Å². The quantitative estimate of drug-likeness (QED) is 0.0372. The van der Waals surface area contributed by atoms with Crippen LogP contribution in [-0.2, 0) is 31.9 Å². The van der Waals surface area contributed by atoms with Gasteiger partial charge in [-0.3, -0.25) is 39.1 Å². The summed E-state index contributed by atoms with van der Waals surface area (Å²) in [5.41, 5.74) is 15.9. The summed E-state index contributed by atoms with van der Waals surface area (Å²) in [6, 6.07) is 51.6. The van der Waals surface area contributed by atoms with Crippen LogP contribution in [0.3, 0.4) is 0 Å². The topological polar surface area (TPSA) is 387 Å². The summed E-state index contributed by atoms with van der Waals surface area (Å²) in [7, 11) is 6.49. The van der Waals surface area contributed by atoms with Crippen LogP contribution in [-0.4, -0.2) is 224 Å². The van der Waals surface area contributed by atoms with Gasteiger partial charge in [0.05, 0.1) is 74.0 Å². The third kappa shape index (κ3) is 20.0. The second-order valence-corrected chi connectivity index (χ2v) is 30.2. The lowest BCUT2D eigenvalue weighted by Gasteiger charge is -2.35. The number of hydrogen-bond donors (Lipinski definition) is 7. The molecule has 1 unspecified atom stereocenters. The molecule has 20 rings (SSSR count). The maximum atomic E-state index is 13.2. The van der Waals surface area contributed by atoms with Crippen LogP contribution < -0.4 is 40.2 Å². The van der Waals surface area contributed by atoms with Gasteiger partial charge in [0.25, 0.3) is 23.6 Å². The van der Waals surface area contributed by atoms with Crippen molar-refractivity contribution >= 4 is 103 Å². The van der Waals surface area contributed by atoms with Crippen molar-refractivity contribution in [2.24, 2.45) is 0 Å². The molecule has 33 nitrogen and oxygen atoms in total. The molecule has 11 aromatic heterocycles. The Kier molecular flexibility index (Phi) is 25.5. The zero-order valence-electron chi connectivity index (χ0n) is 69.7. The molecule has 4 aliphatic heterocycles. The molecule has 4 aromatic carbocycles. The highest BCUT2D eigenvalue weighted by Crippen LogP contribution is 2.33. The molecule has 2 atom stereocenters. The number of hydrogen-bond acceptors (Lipinski definition) is 26. The van der Waals surface area contributed by atoms with E-state index in [4.69, 9.17) is 28.4 Å². The maximum absolute atomic E-state index is 13.2. The van der Waals surface area contributed by atoms with E-state index in [0.717, 1.165) is 122 Å². The number of ether oxygens (including phenoxy) is 6. The van der Waals surface area contributed by atoms with Gasteiger partial charge < -0.3 is 84.2 Å². The van der Waals surface area contributed by atoms with Gasteiger partial charge in [0.1, 0.15) is 46.6 Å². The minimum atomic E-state index is -0.324. The van der Waals surface area contributed by atoms with Gasteiger partial charge in [-0.1, -0.05) is 6.07 Å². The number of methoxy groups -OCH3 is 4. The molecule has 0 spiro atoms. The van der Waals surface area contributed by atoms with Crippen molar-refractivity contribution in [3.63, 3.8) is 0 Å². The Morgan fingerprint density at radius 1 is 0.341 bits per heavy atom. The number of anilines is 8. The summed E-state index contributed by atoms with van der Waals surface area (Å²) in [4.78, 5) is 121. The molecule has 0 saturated carbocycles. The first-order valence-corrected chi connectivity index (χ1v) is 41.5. The van der Waals surface area contributed by atoms with Crippen LogP contribution in [0.4, 0.5) is 46.5 Å². The van der Waals surface area contributed by atoms with Crippen LogP contribution in [0.5, 0.6) is 23.0 Å². The van der Waals surface area contributed by atoms with E-state index in [-0.39, 0.29) is 35.8 Å². The molecule has 0 bridgehead atoms. The van der Waals surface area contributed by atoms with Crippen LogP contribution in [0, 0.1) is 0 Å². The minimum absolute atomic E-state index is 0.0412. The lowest BCUT2D eigenvalue weighted by Crippen LogP contribution is -2.52. The van der Waals surface area contributed by atoms with Gasteiger partial charge in [0.2, 0.25) is 23.8 Å². The molecule has 7 N–H and O–H groups in total. The zero-order valence-corrected chi connectivity index (χ0v) is 69.7. The number of piperazine rings is 2.